The summed E-state index contributed by atoms with van der Waals surface area (Å²) in [5, 5.41) is 11.5. The average molecular weight is 337 g/mol. The number of nitrogens with zero attached hydrogens (tertiary/aromatic N) is 3. The molecule has 2 aliphatic heterocycles. The zero-order chi connectivity index (χ0) is 16.7. The number of likely N-dealkylation sites (tertiary alicyclic amines) is 2. The van der Waals surface area contributed by atoms with Crippen molar-refractivity contribution in [3.8, 4) is 0 Å². The normalized spacial score (nSPS) is 28.3. The molecule has 2 aliphatic rings. The highest BCUT2D eigenvalue weighted by Gasteiger charge is 2.45. The van der Waals surface area contributed by atoms with Gasteiger partial charge >= 0.3 is 0 Å². The minimum Gasteiger partial charge on any atom is -0.389 e. The maximum absolute atomic E-state index is 12.8. The Morgan fingerprint density at radius 1 is 1.30 bits per heavy atom. The third-order valence-electron chi connectivity index (χ3n) is 5.52. The summed E-state index contributed by atoms with van der Waals surface area (Å²) in [7, 11) is 0. The Balaban J connectivity index is 1.65. The number of thiazole rings is 1. The minimum atomic E-state index is -0.724. The summed E-state index contributed by atoms with van der Waals surface area (Å²) in [5.74, 6) is 0.0544. The van der Waals surface area contributed by atoms with Gasteiger partial charge in [-0.25, -0.2) is 4.98 Å². The van der Waals surface area contributed by atoms with Gasteiger partial charge in [-0.3, -0.25) is 9.69 Å². The number of aliphatic hydroxyl groups is 1. The van der Waals surface area contributed by atoms with E-state index in [1.54, 1.807) is 6.20 Å². The smallest absolute Gasteiger partial charge is 0.265 e. The average Bonchev–Trinajstić information content (AvgIpc) is 3.13. The van der Waals surface area contributed by atoms with Gasteiger partial charge in [-0.05, 0) is 39.3 Å². The number of carbonyl (C=O) groups is 1. The third kappa shape index (κ3) is 3.44. The molecule has 0 aromatic carbocycles. The van der Waals surface area contributed by atoms with Gasteiger partial charge in [0, 0.05) is 18.5 Å². The first kappa shape index (κ1) is 16.9. The highest BCUT2D eigenvalue weighted by molar-refractivity contribution is 7.13. The first-order valence-corrected chi connectivity index (χ1v) is 9.29. The monoisotopic (exact) mass is 337 g/mol. The summed E-state index contributed by atoms with van der Waals surface area (Å²) in [6.45, 7) is 10.2. The van der Waals surface area contributed by atoms with E-state index in [4.69, 9.17) is 0 Å². The summed E-state index contributed by atoms with van der Waals surface area (Å²) < 4.78 is 0. The molecule has 0 radical (unpaired) electrons. The summed E-state index contributed by atoms with van der Waals surface area (Å²) in [4.78, 5) is 22.2. The van der Waals surface area contributed by atoms with Crippen LogP contribution in [0.2, 0.25) is 0 Å². The lowest BCUT2D eigenvalue weighted by Crippen LogP contribution is -2.56. The van der Waals surface area contributed by atoms with Crippen LogP contribution in [-0.2, 0) is 6.54 Å². The Labute approximate surface area is 142 Å². The molecule has 1 amide bonds. The largest absolute Gasteiger partial charge is 0.389 e. The van der Waals surface area contributed by atoms with Crippen LogP contribution >= 0.6 is 11.3 Å². The van der Waals surface area contributed by atoms with Gasteiger partial charge < -0.3 is 10.0 Å². The number of rotatable bonds is 3. The Morgan fingerprint density at radius 2 is 2.00 bits per heavy atom. The van der Waals surface area contributed by atoms with E-state index in [9.17, 15) is 9.90 Å². The molecule has 1 atom stereocenters. The zero-order valence-corrected chi connectivity index (χ0v) is 15.2. The van der Waals surface area contributed by atoms with Gasteiger partial charge in [0.05, 0.1) is 18.3 Å². The van der Waals surface area contributed by atoms with Gasteiger partial charge in [0.15, 0.2) is 0 Å². The van der Waals surface area contributed by atoms with Crippen molar-refractivity contribution in [2.24, 2.45) is 5.41 Å². The Hall–Kier alpha value is -0.980. The molecule has 1 aromatic rings. The Bertz CT molecular complexity index is 576. The predicted molar refractivity (Wildman–Crippen MR) is 91.6 cm³/mol. The van der Waals surface area contributed by atoms with E-state index in [-0.39, 0.29) is 11.3 Å². The molecule has 0 bridgehead atoms. The lowest BCUT2D eigenvalue weighted by Gasteiger charge is -2.48. The van der Waals surface area contributed by atoms with E-state index in [1.807, 2.05) is 25.7 Å². The molecule has 128 valence electrons. The molecule has 0 unspecified atom stereocenters. The van der Waals surface area contributed by atoms with Gasteiger partial charge in [-0.1, -0.05) is 13.8 Å². The second-order valence-corrected chi connectivity index (χ2v) is 8.85. The van der Waals surface area contributed by atoms with Crippen molar-refractivity contribution in [1.82, 2.24) is 14.8 Å². The van der Waals surface area contributed by atoms with Crippen LogP contribution in [-0.4, -0.2) is 57.6 Å². The number of hydrogen-bond donors (Lipinski definition) is 1. The summed E-state index contributed by atoms with van der Waals surface area (Å²) in [6.07, 6.45) is 4.86. The van der Waals surface area contributed by atoms with Gasteiger partial charge in [-0.15, -0.1) is 11.3 Å². The lowest BCUT2D eigenvalue weighted by atomic mass is 9.71. The molecule has 0 aliphatic carbocycles. The second kappa shape index (κ2) is 6.15. The van der Waals surface area contributed by atoms with Crippen molar-refractivity contribution in [3.63, 3.8) is 0 Å². The number of hydrogen-bond acceptors (Lipinski definition) is 5. The van der Waals surface area contributed by atoms with E-state index >= 15 is 0 Å². The van der Waals surface area contributed by atoms with Crippen LogP contribution in [0.15, 0.2) is 6.20 Å². The fourth-order valence-electron chi connectivity index (χ4n) is 3.36. The van der Waals surface area contributed by atoms with E-state index < -0.39 is 5.60 Å². The fourth-order valence-corrected chi connectivity index (χ4v) is 4.29. The fraction of sp³-hybridized carbons (Fsp3) is 0.765. The number of piperidine rings is 1. The quantitative estimate of drug-likeness (QED) is 0.920. The van der Waals surface area contributed by atoms with Crippen molar-refractivity contribution in [1.29, 1.82) is 0 Å². The molecule has 1 aromatic heterocycles. The molecule has 1 N–H and O–H groups in total. The molecular formula is C17H27N3O2S. The Morgan fingerprint density at radius 3 is 2.65 bits per heavy atom. The molecule has 3 rings (SSSR count). The van der Waals surface area contributed by atoms with E-state index in [1.165, 1.54) is 24.2 Å². The van der Waals surface area contributed by atoms with Crippen LogP contribution in [0.3, 0.4) is 0 Å². The predicted octanol–water partition coefficient (Wildman–Crippen LogP) is 2.36. The van der Waals surface area contributed by atoms with Crippen LogP contribution in [0.5, 0.6) is 0 Å². The van der Waals surface area contributed by atoms with Crippen LogP contribution < -0.4 is 0 Å². The Kier molecular flexibility index (Phi) is 4.51. The topological polar surface area (TPSA) is 56.7 Å². The molecule has 0 saturated carbocycles. The van der Waals surface area contributed by atoms with Crippen LogP contribution in [0.1, 0.15) is 54.7 Å². The van der Waals surface area contributed by atoms with E-state index in [0.717, 1.165) is 29.5 Å². The SMILES string of the molecule is CC1(C)CN(C(=O)c2cnc(CN3CCCC3)s2)CC[C@@]1(C)O. The highest BCUT2D eigenvalue weighted by Crippen LogP contribution is 2.38. The standard InChI is InChI=1S/C17H27N3O2S/c1-16(2)12-20(9-6-17(16,3)22)15(21)13-10-18-14(23-13)11-19-7-4-5-8-19/h10,22H,4-9,11-12H2,1-3H3/t17-/m1/s1. The first-order chi connectivity index (χ1) is 10.8. The van der Waals surface area contributed by atoms with E-state index in [0.29, 0.717) is 19.5 Å². The minimum absolute atomic E-state index is 0.0544. The molecule has 3 heterocycles. The maximum atomic E-state index is 12.8. The van der Waals surface area contributed by atoms with Crippen LogP contribution in [0.4, 0.5) is 0 Å². The molecule has 6 heteroatoms. The van der Waals surface area contributed by atoms with Crippen molar-refractivity contribution in [3.05, 3.63) is 16.1 Å². The number of amides is 1. The lowest BCUT2D eigenvalue weighted by molar-refractivity contribution is -0.0970. The third-order valence-corrected chi connectivity index (χ3v) is 6.49. The zero-order valence-electron chi connectivity index (χ0n) is 14.3. The van der Waals surface area contributed by atoms with Crippen LogP contribution in [0, 0.1) is 5.41 Å². The van der Waals surface area contributed by atoms with Crippen molar-refractivity contribution < 1.29 is 9.90 Å². The van der Waals surface area contributed by atoms with Gasteiger partial charge in [-0.2, -0.15) is 0 Å². The molecule has 23 heavy (non-hydrogen) atoms. The second-order valence-electron chi connectivity index (χ2n) is 7.74. The van der Waals surface area contributed by atoms with Crippen molar-refractivity contribution >= 4 is 17.2 Å². The van der Waals surface area contributed by atoms with Crippen molar-refractivity contribution in [2.75, 3.05) is 26.2 Å². The molecule has 0 spiro atoms. The van der Waals surface area contributed by atoms with Crippen molar-refractivity contribution in [2.45, 2.75) is 52.2 Å². The summed E-state index contributed by atoms with van der Waals surface area (Å²) >= 11 is 1.52. The molecule has 2 fully saturated rings. The van der Waals surface area contributed by atoms with Gasteiger partial charge in [0.25, 0.3) is 5.91 Å². The van der Waals surface area contributed by atoms with Gasteiger partial charge in [0.2, 0.25) is 0 Å². The molecule has 5 nitrogen and oxygen atoms in total. The van der Waals surface area contributed by atoms with Crippen LogP contribution in [0.25, 0.3) is 0 Å². The summed E-state index contributed by atoms with van der Waals surface area (Å²) in [6, 6.07) is 0. The molecule has 2 saturated heterocycles. The first-order valence-electron chi connectivity index (χ1n) is 8.47. The number of aromatic nitrogens is 1. The number of carbonyl (C=O) groups excluding carboxylic acids is 1. The highest BCUT2D eigenvalue weighted by atomic mass is 32.1. The maximum Gasteiger partial charge on any atom is 0.265 e. The molecular weight excluding hydrogens is 310 g/mol. The van der Waals surface area contributed by atoms with Gasteiger partial charge in [0.1, 0.15) is 9.88 Å². The summed E-state index contributed by atoms with van der Waals surface area (Å²) in [5.41, 5.74) is -1.03. The van der Waals surface area contributed by atoms with E-state index in [2.05, 4.69) is 9.88 Å².